The van der Waals surface area contributed by atoms with Gasteiger partial charge in [0.15, 0.2) is 0 Å². The molecule has 7 nitrogen and oxygen atoms in total. The van der Waals surface area contributed by atoms with E-state index in [2.05, 4.69) is 5.32 Å². The lowest BCUT2D eigenvalue weighted by Crippen LogP contribution is -2.41. The molecule has 0 radical (unpaired) electrons. The maximum absolute atomic E-state index is 12.1. The van der Waals surface area contributed by atoms with Crippen LogP contribution in [0.4, 0.5) is 4.79 Å². The molecule has 28 heavy (non-hydrogen) atoms. The summed E-state index contributed by atoms with van der Waals surface area (Å²) >= 11 is 0. The molecule has 1 aliphatic carbocycles. The van der Waals surface area contributed by atoms with Crippen LogP contribution in [0.15, 0.2) is 48.5 Å². The van der Waals surface area contributed by atoms with E-state index in [0.29, 0.717) is 0 Å². The molecule has 1 atom stereocenters. The Labute approximate surface area is 162 Å². The topological polar surface area (TPSA) is 119 Å². The van der Waals surface area contributed by atoms with Crippen LogP contribution in [0.25, 0.3) is 11.1 Å². The summed E-state index contributed by atoms with van der Waals surface area (Å²) in [7, 11) is 0. The Morgan fingerprint density at radius 3 is 2.14 bits per heavy atom. The minimum Gasteiger partial charge on any atom is -0.480 e. The zero-order valence-electron chi connectivity index (χ0n) is 15.3. The van der Waals surface area contributed by atoms with E-state index >= 15 is 0 Å². The number of carboxylic acids is 1. The minimum atomic E-state index is -1.18. The Hall–Kier alpha value is -3.35. The fourth-order valence-electron chi connectivity index (χ4n) is 3.52. The van der Waals surface area contributed by atoms with Crippen LogP contribution in [0.1, 0.15) is 36.3 Å². The van der Waals surface area contributed by atoms with Crippen molar-refractivity contribution >= 4 is 18.0 Å². The predicted octanol–water partition coefficient (Wildman–Crippen LogP) is 2.63. The molecule has 3 rings (SSSR count). The van der Waals surface area contributed by atoms with Crippen molar-refractivity contribution in [1.29, 1.82) is 0 Å². The molecule has 0 spiro atoms. The van der Waals surface area contributed by atoms with Gasteiger partial charge in [0.2, 0.25) is 5.91 Å². The summed E-state index contributed by atoms with van der Waals surface area (Å²) in [5.74, 6) is -1.79. The molecule has 2 amide bonds. The smallest absolute Gasteiger partial charge is 0.407 e. The molecule has 0 aliphatic heterocycles. The Morgan fingerprint density at radius 2 is 1.61 bits per heavy atom. The number of alkyl carbamates (subject to hydrolysis) is 1. The summed E-state index contributed by atoms with van der Waals surface area (Å²) in [6, 6.07) is 14.8. The van der Waals surface area contributed by atoms with Gasteiger partial charge >= 0.3 is 12.1 Å². The molecule has 4 N–H and O–H groups in total. The zero-order chi connectivity index (χ0) is 20.1. The zero-order valence-corrected chi connectivity index (χ0v) is 15.3. The van der Waals surface area contributed by atoms with Crippen LogP contribution in [0.2, 0.25) is 0 Å². The van der Waals surface area contributed by atoms with Crippen molar-refractivity contribution in [3.63, 3.8) is 0 Å². The summed E-state index contributed by atoms with van der Waals surface area (Å²) in [6.45, 7) is 0.105. The minimum absolute atomic E-state index is 0.0656. The van der Waals surface area contributed by atoms with Gasteiger partial charge in [-0.3, -0.25) is 4.79 Å². The summed E-state index contributed by atoms with van der Waals surface area (Å²) in [5.41, 5.74) is 9.43. The Bertz CT molecular complexity index is 850. The largest absolute Gasteiger partial charge is 0.480 e. The van der Waals surface area contributed by atoms with Gasteiger partial charge in [-0.1, -0.05) is 48.5 Å². The highest BCUT2D eigenvalue weighted by molar-refractivity contribution is 5.81. The third-order valence-electron chi connectivity index (χ3n) is 4.85. The highest BCUT2D eigenvalue weighted by Gasteiger charge is 2.29. The molecule has 0 unspecified atom stereocenters. The molecule has 0 saturated carbocycles. The number of nitrogens with two attached hydrogens (primary N) is 1. The van der Waals surface area contributed by atoms with E-state index in [-0.39, 0.29) is 31.8 Å². The quantitative estimate of drug-likeness (QED) is 0.648. The van der Waals surface area contributed by atoms with Gasteiger partial charge < -0.3 is 20.9 Å². The monoisotopic (exact) mass is 382 g/mol. The maximum Gasteiger partial charge on any atom is 0.407 e. The average molecular weight is 382 g/mol. The van der Waals surface area contributed by atoms with Gasteiger partial charge in [-0.2, -0.15) is 0 Å². The summed E-state index contributed by atoms with van der Waals surface area (Å²) in [6.07, 6.45) is -0.359. The predicted molar refractivity (Wildman–Crippen MR) is 103 cm³/mol. The summed E-state index contributed by atoms with van der Waals surface area (Å²) in [4.78, 5) is 34.2. The number of carbonyl (C=O) groups is 3. The number of rotatable bonds is 8. The number of primary amides is 1. The average Bonchev–Trinajstić information content (AvgIpc) is 2.99. The van der Waals surface area contributed by atoms with E-state index in [9.17, 15) is 19.5 Å². The number of aliphatic carboxylic acids is 1. The van der Waals surface area contributed by atoms with Crippen LogP contribution >= 0.6 is 0 Å². The highest BCUT2D eigenvalue weighted by Crippen LogP contribution is 2.44. The van der Waals surface area contributed by atoms with Crippen LogP contribution in [0.3, 0.4) is 0 Å². The first kappa shape index (κ1) is 19.4. The fraction of sp³-hybridized carbons (Fsp3) is 0.286. The number of amides is 2. The van der Waals surface area contributed by atoms with Crippen LogP contribution in [-0.4, -0.2) is 35.7 Å². The molecular weight excluding hydrogens is 360 g/mol. The van der Waals surface area contributed by atoms with E-state index in [0.717, 1.165) is 22.3 Å². The first-order chi connectivity index (χ1) is 13.5. The van der Waals surface area contributed by atoms with Gasteiger partial charge in [0, 0.05) is 12.3 Å². The number of nitrogens with one attached hydrogen (secondary N) is 1. The third-order valence-corrected chi connectivity index (χ3v) is 4.85. The van der Waals surface area contributed by atoms with Crippen molar-refractivity contribution in [3.8, 4) is 11.1 Å². The van der Waals surface area contributed by atoms with Crippen molar-refractivity contribution in [2.24, 2.45) is 5.73 Å². The maximum atomic E-state index is 12.1. The Kier molecular flexibility index (Phi) is 5.93. The van der Waals surface area contributed by atoms with Gasteiger partial charge in [0.05, 0.1) is 0 Å². The van der Waals surface area contributed by atoms with Crippen LogP contribution < -0.4 is 11.1 Å². The standard InChI is InChI=1S/C21H22N2O5/c22-19(24)11-5-10-18(20(25)26)23-21(27)28-12-17-15-8-3-1-6-13(15)14-7-2-4-9-16(14)17/h1-4,6-9,17-18H,5,10-12H2,(H2,22,24)(H,23,27)(H,25,26)/t18-/m0/s1. The second kappa shape index (κ2) is 8.56. The Morgan fingerprint density at radius 1 is 1.04 bits per heavy atom. The molecule has 0 saturated heterocycles. The van der Waals surface area contributed by atoms with Crippen molar-refractivity contribution in [2.45, 2.75) is 31.2 Å². The number of fused-ring (bicyclic) bond motifs is 3. The lowest BCUT2D eigenvalue weighted by molar-refractivity contribution is -0.139. The number of ether oxygens (including phenoxy) is 1. The molecule has 0 heterocycles. The van der Waals surface area contributed by atoms with Gasteiger partial charge in [-0.05, 0) is 35.1 Å². The lowest BCUT2D eigenvalue weighted by atomic mass is 9.98. The van der Waals surface area contributed by atoms with E-state index < -0.39 is 24.0 Å². The lowest BCUT2D eigenvalue weighted by Gasteiger charge is -2.17. The van der Waals surface area contributed by atoms with Crippen LogP contribution in [0, 0.1) is 0 Å². The first-order valence-corrected chi connectivity index (χ1v) is 9.10. The molecule has 1 aliphatic rings. The summed E-state index contributed by atoms with van der Waals surface area (Å²) < 4.78 is 5.34. The Balaban J connectivity index is 1.62. The summed E-state index contributed by atoms with van der Waals surface area (Å²) in [5, 5.41) is 11.6. The molecule has 2 aromatic rings. The molecule has 0 bridgehead atoms. The SMILES string of the molecule is NC(=O)CCC[C@H](NC(=O)OCC1c2ccccc2-c2ccccc21)C(=O)O. The number of hydrogen-bond acceptors (Lipinski definition) is 4. The van der Waals surface area contributed by atoms with Crippen LogP contribution in [-0.2, 0) is 14.3 Å². The van der Waals surface area contributed by atoms with Gasteiger partial charge in [0.25, 0.3) is 0 Å². The van der Waals surface area contributed by atoms with E-state index in [1.807, 2.05) is 48.5 Å². The number of carboxylic acid groups (broad SMARTS) is 1. The first-order valence-electron chi connectivity index (χ1n) is 9.10. The molecule has 0 aromatic heterocycles. The number of hydrogen-bond donors (Lipinski definition) is 3. The molecule has 7 heteroatoms. The van der Waals surface area contributed by atoms with E-state index in [1.54, 1.807) is 0 Å². The molecule has 0 fully saturated rings. The van der Waals surface area contributed by atoms with Gasteiger partial charge in [-0.25, -0.2) is 9.59 Å². The van der Waals surface area contributed by atoms with Crippen molar-refractivity contribution in [2.75, 3.05) is 6.61 Å². The van der Waals surface area contributed by atoms with E-state index in [4.69, 9.17) is 10.5 Å². The van der Waals surface area contributed by atoms with Gasteiger partial charge in [0.1, 0.15) is 12.6 Å². The van der Waals surface area contributed by atoms with Crippen molar-refractivity contribution < 1.29 is 24.2 Å². The fourth-order valence-corrected chi connectivity index (χ4v) is 3.52. The van der Waals surface area contributed by atoms with Crippen molar-refractivity contribution in [1.82, 2.24) is 5.32 Å². The number of carbonyl (C=O) groups excluding carboxylic acids is 2. The normalized spacial score (nSPS) is 13.3. The highest BCUT2D eigenvalue weighted by atomic mass is 16.5. The second-order valence-electron chi connectivity index (χ2n) is 6.72. The molecular formula is C21H22N2O5. The second-order valence-corrected chi connectivity index (χ2v) is 6.72. The van der Waals surface area contributed by atoms with Crippen LogP contribution in [0.5, 0.6) is 0 Å². The van der Waals surface area contributed by atoms with Crippen molar-refractivity contribution in [3.05, 3.63) is 59.7 Å². The molecule has 146 valence electrons. The molecule has 2 aromatic carbocycles. The third kappa shape index (κ3) is 4.31. The number of benzene rings is 2. The van der Waals surface area contributed by atoms with Gasteiger partial charge in [-0.15, -0.1) is 0 Å². The van der Waals surface area contributed by atoms with E-state index in [1.165, 1.54) is 0 Å².